The molecule has 19 heavy (non-hydrogen) atoms. The monoisotopic (exact) mass is 273 g/mol. The molecule has 2 N–H and O–H groups in total. The molecule has 0 aliphatic rings. The molecule has 0 saturated carbocycles. The molecule has 0 spiro atoms. The largest absolute Gasteiger partial charge is 0.472 e. The van der Waals surface area contributed by atoms with Crippen molar-refractivity contribution in [1.29, 1.82) is 0 Å². The van der Waals surface area contributed by atoms with Gasteiger partial charge in [-0.2, -0.15) is 5.10 Å². The summed E-state index contributed by atoms with van der Waals surface area (Å²) in [6, 6.07) is 9.39. The lowest BCUT2D eigenvalue weighted by atomic mass is 10.0. The number of hydrogen-bond donors (Lipinski definition) is 1. The normalized spacial score (nSPS) is 10.8. The zero-order valence-corrected chi connectivity index (χ0v) is 11.1. The van der Waals surface area contributed by atoms with E-state index >= 15 is 0 Å². The van der Waals surface area contributed by atoms with E-state index in [0.717, 1.165) is 22.4 Å². The Morgan fingerprint density at radius 3 is 2.53 bits per heavy atom. The zero-order valence-electron chi connectivity index (χ0n) is 10.3. The van der Waals surface area contributed by atoms with E-state index in [4.69, 9.17) is 21.8 Å². The third-order valence-electron chi connectivity index (χ3n) is 3.02. The van der Waals surface area contributed by atoms with E-state index in [0.29, 0.717) is 10.8 Å². The lowest BCUT2D eigenvalue weighted by molar-refractivity contribution is 0.568. The van der Waals surface area contributed by atoms with E-state index < -0.39 is 0 Å². The van der Waals surface area contributed by atoms with Crippen LogP contribution in [0.25, 0.3) is 22.4 Å². The Morgan fingerprint density at radius 1 is 1.16 bits per heavy atom. The van der Waals surface area contributed by atoms with Gasteiger partial charge in [-0.15, -0.1) is 0 Å². The van der Waals surface area contributed by atoms with Crippen molar-refractivity contribution < 1.29 is 4.42 Å². The maximum Gasteiger partial charge on any atom is 0.129 e. The maximum absolute atomic E-state index is 6.12. The molecule has 3 aromatic rings. The van der Waals surface area contributed by atoms with Crippen LogP contribution in [0.15, 0.2) is 47.3 Å². The van der Waals surface area contributed by atoms with Crippen molar-refractivity contribution in [3.63, 3.8) is 0 Å². The summed E-state index contributed by atoms with van der Waals surface area (Å²) in [6.07, 6.45) is 3.27. The Labute approximate surface area is 115 Å². The average molecular weight is 274 g/mol. The van der Waals surface area contributed by atoms with E-state index in [-0.39, 0.29) is 0 Å². The summed E-state index contributed by atoms with van der Waals surface area (Å²) >= 11 is 5.92. The molecule has 96 valence electrons. The van der Waals surface area contributed by atoms with Crippen molar-refractivity contribution in [2.24, 2.45) is 7.05 Å². The lowest BCUT2D eigenvalue weighted by Gasteiger charge is -2.03. The number of furan rings is 1. The molecule has 0 amide bonds. The molecular formula is C14H12ClN3O. The molecule has 3 rings (SSSR count). The highest BCUT2D eigenvalue weighted by atomic mass is 35.5. The summed E-state index contributed by atoms with van der Waals surface area (Å²) in [4.78, 5) is 0. The molecule has 2 aromatic heterocycles. The van der Waals surface area contributed by atoms with Crippen molar-refractivity contribution >= 4 is 17.4 Å². The fourth-order valence-electron chi connectivity index (χ4n) is 2.04. The second kappa shape index (κ2) is 4.48. The minimum atomic E-state index is 0.610. The SMILES string of the molecule is Cn1nc(-c2ccoc2)c(-c2ccc(Cl)cc2)c1N. The smallest absolute Gasteiger partial charge is 0.129 e. The van der Waals surface area contributed by atoms with Crippen LogP contribution in [0.3, 0.4) is 0 Å². The molecular weight excluding hydrogens is 262 g/mol. The van der Waals surface area contributed by atoms with E-state index in [2.05, 4.69) is 5.10 Å². The predicted octanol–water partition coefficient (Wildman–Crippen LogP) is 3.58. The molecule has 0 aliphatic carbocycles. The van der Waals surface area contributed by atoms with Gasteiger partial charge in [-0.1, -0.05) is 23.7 Å². The van der Waals surface area contributed by atoms with Crippen molar-refractivity contribution in [2.75, 3.05) is 5.73 Å². The topological polar surface area (TPSA) is 57.0 Å². The quantitative estimate of drug-likeness (QED) is 0.776. The number of nitrogen functional groups attached to an aromatic ring is 1. The zero-order chi connectivity index (χ0) is 13.4. The Balaban J connectivity index is 2.22. The minimum Gasteiger partial charge on any atom is -0.472 e. The molecule has 0 unspecified atom stereocenters. The van der Waals surface area contributed by atoms with Crippen molar-refractivity contribution in [1.82, 2.24) is 9.78 Å². The van der Waals surface area contributed by atoms with Gasteiger partial charge in [-0.05, 0) is 23.8 Å². The summed E-state index contributed by atoms with van der Waals surface area (Å²) in [5, 5.41) is 5.14. The van der Waals surface area contributed by atoms with Gasteiger partial charge < -0.3 is 10.2 Å². The maximum atomic E-state index is 6.12. The number of aromatic nitrogens is 2. The van der Waals surface area contributed by atoms with Crippen molar-refractivity contribution in [2.45, 2.75) is 0 Å². The van der Waals surface area contributed by atoms with Gasteiger partial charge in [-0.25, -0.2) is 0 Å². The van der Waals surface area contributed by atoms with Crippen molar-refractivity contribution in [3.8, 4) is 22.4 Å². The number of hydrogen-bond acceptors (Lipinski definition) is 3. The van der Waals surface area contributed by atoms with Gasteiger partial charge in [0.1, 0.15) is 11.5 Å². The molecule has 0 atom stereocenters. The molecule has 5 heteroatoms. The highest BCUT2D eigenvalue weighted by molar-refractivity contribution is 6.30. The third-order valence-corrected chi connectivity index (χ3v) is 3.27. The Hall–Kier alpha value is -2.20. The number of benzene rings is 1. The number of anilines is 1. The molecule has 2 heterocycles. The summed E-state index contributed by atoms with van der Waals surface area (Å²) in [7, 11) is 1.82. The van der Waals surface area contributed by atoms with Crippen LogP contribution in [0.5, 0.6) is 0 Å². The Kier molecular flexibility index (Phi) is 2.80. The van der Waals surface area contributed by atoms with Gasteiger partial charge in [0.2, 0.25) is 0 Å². The van der Waals surface area contributed by atoms with Crippen LogP contribution in [0, 0.1) is 0 Å². The molecule has 4 nitrogen and oxygen atoms in total. The number of nitrogens with two attached hydrogens (primary N) is 1. The van der Waals surface area contributed by atoms with E-state index in [1.54, 1.807) is 17.2 Å². The first-order chi connectivity index (χ1) is 9.16. The number of nitrogens with zero attached hydrogens (tertiary/aromatic N) is 2. The van der Waals surface area contributed by atoms with Gasteiger partial charge in [0.15, 0.2) is 0 Å². The second-order valence-corrected chi connectivity index (χ2v) is 4.69. The number of halogens is 1. The molecule has 0 aliphatic heterocycles. The van der Waals surface area contributed by atoms with Crippen LogP contribution >= 0.6 is 11.6 Å². The third kappa shape index (κ3) is 2.00. The van der Waals surface area contributed by atoms with Gasteiger partial charge in [0, 0.05) is 17.6 Å². The van der Waals surface area contributed by atoms with Gasteiger partial charge in [0.25, 0.3) is 0 Å². The Morgan fingerprint density at radius 2 is 1.89 bits per heavy atom. The molecule has 0 bridgehead atoms. The van der Waals surface area contributed by atoms with Crippen LogP contribution in [-0.4, -0.2) is 9.78 Å². The Bertz CT molecular complexity index is 699. The van der Waals surface area contributed by atoms with E-state index in [1.807, 2.05) is 37.4 Å². The lowest BCUT2D eigenvalue weighted by Crippen LogP contribution is -1.97. The highest BCUT2D eigenvalue weighted by Gasteiger charge is 2.17. The van der Waals surface area contributed by atoms with Crippen LogP contribution in [0.2, 0.25) is 5.02 Å². The minimum absolute atomic E-state index is 0.610. The summed E-state index contributed by atoms with van der Waals surface area (Å²) in [5.41, 5.74) is 9.69. The average Bonchev–Trinajstić information content (AvgIpc) is 3.01. The van der Waals surface area contributed by atoms with Crippen LogP contribution in [-0.2, 0) is 7.05 Å². The standard InChI is InChI=1S/C14H12ClN3O/c1-18-14(16)12(9-2-4-11(15)5-3-9)13(17-18)10-6-7-19-8-10/h2-8H,16H2,1H3. The van der Waals surface area contributed by atoms with Crippen molar-refractivity contribution in [3.05, 3.63) is 47.9 Å². The predicted molar refractivity (Wildman–Crippen MR) is 75.8 cm³/mol. The second-order valence-electron chi connectivity index (χ2n) is 4.25. The number of aryl methyl sites for hydroxylation is 1. The van der Waals surface area contributed by atoms with Crippen LogP contribution < -0.4 is 5.73 Å². The van der Waals surface area contributed by atoms with Crippen LogP contribution in [0.4, 0.5) is 5.82 Å². The first-order valence-electron chi connectivity index (χ1n) is 5.78. The summed E-state index contributed by atoms with van der Waals surface area (Å²) in [5.74, 6) is 0.610. The first-order valence-corrected chi connectivity index (χ1v) is 6.15. The first kappa shape index (κ1) is 11.9. The van der Waals surface area contributed by atoms with E-state index in [9.17, 15) is 0 Å². The summed E-state index contributed by atoms with van der Waals surface area (Å²) < 4.78 is 6.78. The summed E-state index contributed by atoms with van der Waals surface area (Å²) in [6.45, 7) is 0. The van der Waals surface area contributed by atoms with Crippen LogP contribution in [0.1, 0.15) is 0 Å². The fourth-order valence-corrected chi connectivity index (χ4v) is 2.17. The molecule has 1 aromatic carbocycles. The number of rotatable bonds is 2. The molecule has 0 fully saturated rings. The van der Waals surface area contributed by atoms with Gasteiger partial charge in [0.05, 0.1) is 18.1 Å². The molecule has 0 saturated heterocycles. The highest BCUT2D eigenvalue weighted by Crippen LogP contribution is 2.36. The van der Waals surface area contributed by atoms with E-state index in [1.165, 1.54) is 0 Å². The fraction of sp³-hybridized carbons (Fsp3) is 0.0714. The van der Waals surface area contributed by atoms with Gasteiger partial charge in [-0.3, -0.25) is 4.68 Å². The molecule has 0 radical (unpaired) electrons. The van der Waals surface area contributed by atoms with Gasteiger partial charge >= 0.3 is 0 Å².